The van der Waals surface area contributed by atoms with Crippen LogP contribution in [-0.4, -0.2) is 11.1 Å². The summed E-state index contributed by atoms with van der Waals surface area (Å²) in [5, 5.41) is 8.45. The van der Waals surface area contributed by atoms with Crippen LogP contribution in [0.4, 0.5) is 0 Å². The molecule has 0 aromatic carbocycles. The zero-order valence-electron chi connectivity index (χ0n) is 15.2. The molecule has 0 aromatic rings. The fraction of sp³-hybridized carbons (Fsp3) is 0.500. The summed E-state index contributed by atoms with van der Waals surface area (Å²) in [7, 11) is 0. The fourth-order valence-electron chi connectivity index (χ4n) is 2.16. The Kier molecular flexibility index (Phi) is 17.8. The van der Waals surface area contributed by atoms with Gasteiger partial charge >= 0.3 is 5.97 Å². The van der Waals surface area contributed by atoms with Crippen molar-refractivity contribution >= 4 is 5.97 Å². The second-order valence-electron chi connectivity index (χ2n) is 5.73. The Morgan fingerprint density at radius 2 is 1.12 bits per heavy atom. The van der Waals surface area contributed by atoms with E-state index < -0.39 is 5.97 Å². The maximum Gasteiger partial charge on any atom is 0.327 e. The molecule has 0 saturated heterocycles. The Balaban J connectivity index is 3.36. The topological polar surface area (TPSA) is 37.3 Å². The average Bonchev–Trinajstić information content (AvgIpc) is 2.56. The lowest BCUT2D eigenvalue weighted by Gasteiger charge is -1.96. The van der Waals surface area contributed by atoms with E-state index in [0.29, 0.717) is 0 Å². The van der Waals surface area contributed by atoms with Crippen LogP contribution in [0.5, 0.6) is 0 Å². The van der Waals surface area contributed by atoms with Gasteiger partial charge in [0.05, 0.1) is 0 Å². The van der Waals surface area contributed by atoms with Crippen molar-refractivity contribution in [3.8, 4) is 0 Å². The number of carbonyl (C=O) groups is 1. The third-order valence-electron chi connectivity index (χ3n) is 3.47. The van der Waals surface area contributed by atoms with Crippen molar-refractivity contribution in [1.82, 2.24) is 0 Å². The first kappa shape index (κ1) is 22.2. The highest BCUT2D eigenvalue weighted by Gasteiger charge is 1.89. The molecule has 0 saturated carbocycles. The molecule has 0 bridgehead atoms. The summed E-state index contributed by atoms with van der Waals surface area (Å²) in [5.74, 6) is -0.852. The van der Waals surface area contributed by atoms with Crippen LogP contribution < -0.4 is 0 Å². The molecule has 1 N–H and O–H groups in total. The second-order valence-corrected chi connectivity index (χ2v) is 5.73. The van der Waals surface area contributed by atoms with Gasteiger partial charge in [-0.2, -0.15) is 0 Å². The third-order valence-corrected chi connectivity index (χ3v) is 3.47. The summed E-state index contributed by atoms with van der Waals surface area (Å²) in [6, 6.07) is 0. The molecular formula is C22H34O2. The Labute approximate surface area is 148 Å². The number of carboxylic acids is 1. The van der Waals surface area contributed by atoms with E-state index in [0.717, 1.165) is 44.9 Å². The lowest BCUT2D eigenvalue weighted by atomic mass is 10.1. The highest BCUT2D eigenvalue weighted by atomic mass is 16.4. The summed E-state index contributed by atoms with van der Waals surface area (Å²) in [6.07, 6.45) is 31.6. The van der Waals surface area contributed by atoms with E-state index in [1.165, 1.54) is 25.3 Å². The van der Waals surface area contributed by atoms with Crippen LogP contribution in [-0.2, 0) is 4.79 Å². The predicted octanol–water partition coefficient (Wildman–Crippen LogP) is 6.77. The minimum absolute atomic E-state index is 0.852. The molecule has 0 unspecified atom stereocenters. The minimum atomic E-state index is -0.852. The summed E-state index contributed by atoms with van der Waals surface area (Å²) >= 11 is 0. The van der Waals surface area contributed by atoms with Crippen LogP contribution >= 0.6 is 0 Å². The number of hydrogen-bond acceptors (Lipinski definition) is 1. The Hall–Kier alpha value is -1.83. The number of rotatable bonds is 15. The molecule has 0 atom stereocenters. The summed E-state index contributed by atoms with van der Waals surface area (Å²) < 4.78 is 0. The Bertz CT molecular complexity index is 425. The van der Waals surface area contributed by atoms with Crippen molar-refractivity contribution < 1.29 is 9.90 Å². The second kappa shape index (κ2) is 19.2. The van der Waals surface area contributed by atoms with Crippen LogP contribution in [0.15, 0.2) is 60.8 Å². The summed E-state index contributed by atoms with van der Waals surface area (Å²) in [6.45, 7) is 2.15. The third kappa shape index (κ3) is 20.2. The van der Waals surface area contributed by atoms with Gasteiger partial charge in [-0.25, -0.2) is 4.79 Å². The normalized spacial score (nSPS) is 12.7. The maximum absolute atomic E-state index is 10.3. The van der Waals surface area contributed by atoms with Gasteiger partial charge in [-0.1, -0.05) is 74.4 Å². The van der Waals surface area contributed by atoms with Gasteiger partial charge in [0.15, 0.2) is 0 Å². The zero-order valence-corrected chi connectivity index (χ0v) is 15.2. The zero-order chi connectivity index (χ0) is 17.7. The number of hydrogen-bond donors (Lipinski definition) is 1. The molecule has 0 aliphatic rings. The molecule has 0 fully saturated rings. The van der Waals surface area contributed by atoms with Crippen molar-refractivity contribution in [3.05, 3.63) is 60.8 Å². The van der Waals surface area contributed by atoms with Crippen molar-refractivity contribution in [2.45, 2.75) is 71.1 Å². The molecule has 0 heterocycles. The van der Waals surface area contributed by atoms with E-state index in [9.17, 15) is 4.79 Å². The van der Waals surface area contributed by atoms with Gasteiger partial charge in [0.1, 0.15) is 0 Å². The Morgan fingerprint density at radius 1 is 0.667 bits per heavy atom. The molecule has 2 nitrogen and oxygen atoms in total. The largest absolute Gasteiger partial charge is 0.478 e. The van der Waals surface area contributed by atoms with Gasteiger partial charge in [-0.05, 0) is 51.4 Å². The molecule has 0 aliphatic carbocycles. The molecule has 0 radical (unpaired) electrons. The van der Waals surface area contributed by atoms with Gasteiger partial charge in [-0.3, -0.25) is 0 Å². The van der Waals surface area contributed by atoms with Gasteiger partial charge in [0.2, 0.25) is 0 Å². The molecule has 0 rings (SSSR count). The molecule has 0 amide bonds. The van der Waals surface area contributed by atoms with Crippen molar-refractivity contribution in [2.24, 2.45) is 0 Å². The fourth-order valence-corrected chi connectivity index (χ4v) is 2.16. The number of unbranched alkanes of at least 4 members (excludes halogenated alkanes) is 5. The molecular weight excluding hydrogens is 296 g/mol. The lowest BCUT2D eigenvalue weighted by Crippen LogP contribution is -1.85. The molecule has 0 spiro atoms. The van der Waals surface area contributed by atoms with E-state index in [1.807, 2.05) is 0 Å². The standard InChI is InChI=1S/C22H34O2/c1-2-3-4-5-6-7-8-9-10-11-12-13-14-15-16-17-18-19-20-21-22(23)24/h3-4,6-7,9-10,12-13,20-21H,2,5,8,11,14-19H2,1H3,(H,23,24)/b4-3-,7-6+,10-9+,13-12-,21-20?. The summed E-state index contributed by atoms with van der Waals surface area (Å²) in [5.41, 5.74) is 0. The monoisotopic (exact) mass is 330 g/mol. The molecule has 0 aromatic heterocycles. The highest BCUT2D eigenvalue weighted by molar-refractivity contribution is 5.79. The first-order valence-corrected chi connectivity index (χ1v) is 9.26. The van der Waals surface area contributed by atoms with Gasteiger partial charge < -0.3 is 5.11 Å². The van der Waals surface area contributed by atoms with Crippen LogP contribution in [0.1, 0.15) is 71.1 Å². The maximum atomic E-state index is 10.3. The van der Waals surface area contributed by atoms with Crippen LogP contribution in [0.2, 0.25) is 0 Å². The first-order chi connectivity index (χ1) is 11.8. The average molecular weight is 331 g/mol. The molecule has 134 valence electrons. The lowest BCUT2D eigenvalue weighted by molar-refractivity contribution is -0.131. The van der Waals surface area contributed by atoms with Crippen molar-refractivity contribution in [3.63, 3.8) is 0 Å². The van der Waals surface area contributed by atoms with Gasteiger partial charge in [0, 0.05) is 6.08 Å². The van der Waals surface area contributed by atoms with Crippen molar-refractivity contribution in [2.75, 3.05) is 0 Å². The van der Waals surface area contributed by atoms with E-state index in [-0.39, 0.29) is 0 Å². The van der Waals surface area contributed by atoms with Crippen LogP contribution in [0.3, 0.4) is 0 Å². The van der Waals surface area contributed by atoms with Crippen LogP contribution in [0, 0.1) is 0 Å². The SMILES string of the molecule is CC/C=C\C/C=C/C/C=C/C/C=C\CCCCCCC=CC(=O)O. The Morgan fingerprint density at radius 3 is 1.62 bits per heavy atom. The van der Waals surface area contributed by atoms with Gasteiger partial charge in [-0.15, -0.1) is 0 Å². The van der Waals surface area contributed by atoms with Gasteiger partial charge in [0.25, 0.3) is 0 Å². The van der Waals surface area contributed by atoms with E-state index in [2.05, 4.69) is 55.5 Å². The molecule has 24 heavy (non-hydrogen) atoms. The molecule has 0 aliphatic heterocycles. The molecule has 2 heteroatoms. The number of allylic oxidation sites excluding steroid dienone is 9. The number of aliphatic carboxylic acids is 1. The van der Waals surface area contributed by atoms with Crippen LogP contribution in [0.25, 0.3) is 0 Å². The first-order valence-electron chi connectivity index (χ1n) is 9.26. The highest BCUT2D eigenvalue weighted by Crippen LogP contribution is 2.06. The predicted molar refractivity (Wildman–Crippen MR) is 105 cm³/mol. The van der Waals surface area contributed by atoms with Crippen molar-refractivity contribution in [1.29, 1.82) is 0 Å². The summed E-state index contributed by atoms with van der Waals surface area (Å²) in [4.78, 5) is 10.3. The smallest absolute Gasteiger partial charge is 0.327 e. The van der Waals surface area contributed by atoms with E-state index >= 15 is 0 Å². The number of carboxylic acid groups (broad SMARTS) is 1. The quantitative estimate of drug-likeness (QED) is 0.204. The van der Waals surface area contributed by atoms with E-state index in [4.69, 9.17) is 5.11 Å². The minimum Gasteiger partial charge on any atom is -0.478 e. The van der Waals surface area contributed by atoms with E-state index in [1.54, 1.807) is 6.08 Å².